The lowest BCUT2D eigenvalue weighted by Gasteiger charge is -2.18. The fourth-order valence-electron chi connectivity index (χ4n) is 1.79. The predicted octanol–water partition coefficient (Wildman–Crippen LogP) is 1.33. The van der Waals surface area contributed by atoms with Gasteiger partial charge in [0.1, 0.15) is 0 Å². The van der Waals surface area contributed by atoms with Crippen LogP contribution in [0.1, 0.15) is 32.2 Å². The number of nitrogens with one attached hydrogen (secondary N) is 1. The maximum Gasteiger partial charge on any atom is 0.277 e. The molecule has 2 atom stereocenters. The van der Waals surface area contributed by atoms with Gasteiger partial charge in [0, 0.05) is 13.7 Å². The van der Waals surface area contributed by atoms with Crippen LogP contribution in [0.4, 0.5) is 0 Å². The number of hydrogen-bond donors (Lipinski definition) is 1. The van der Waals surface area contributed by atoms with E-state index in [1.807, 2.05) is 19.0 Å². The van der Waals surface area contributed by atoms with Gasteiger partial charge < -0.3 is 14.5 Å². The number of carbonyl (C=O) groups is 1. The predicted molar refractivity (Wildman–Crippen MR) is 81.2 cm³/mol. The minimum absolute atomic E-state index is 0.0727. The molecule has 0 aromatic carbocycles. The summed E-state index contributed by atoms with van der Waals surface area (Å²) in [5, 5.41) is 11.0. The number of methoxy groups -OCH3 is 1. The van der Waals surface area contributed by atoms with Crippen LogP contribution in [0.2, 0.25) is 0 Å². The normalized spacial score (nSPS) is 14.2. The molecule has 21 heavy (non-hydrogen) atoms. The number of carbonyl (C=O) groups excluding carboxylic acids is 1. The largest absolute Gasteiger partial charge is 0.414 e. The third kappa shape index (κ3) is 5.64. The Morgan fingerprint density at radius 2 is 2.19 bits per heavy atom. The van der Waals surface area contributed by atoms with Crippen molar-refractivity contribution in [1.29, 1.82) is 0 Å². The molecule has 0 saturated heterocycles. The fourth-order valence-corrected chi connectivity index (χ4v) is 2.50. The summed E-state index contributed by atoms with van der Waals surface area (Å²) in [4.78, 5) is 13.9. The van der Waals surface area contributed by atoms with Crippen molar-refractivity contribution in [2.24, 2.45) is 0 Å². The Morgan fingerprint density at radius 1 is 1.48 bits per heavy atom. The molecule has 1 aromatic rings. The van der Waals surface area contributed by atoms with Crippen LogP contribution in [0.15, 0.2) is 9.64 Å². The average Bonchev–Trinajstić information content (AvgIpc) is 2.87. The van der Waals surface area contributed by atoms with E-state index < -0.39 is 0 Å². The Morgan fingerprint density at radius 3 is 2.76 bits per heavy atom. The van der Waals surface area contributed by atoms with Gasteiger partial charge in [0.2, 0.25) is 11.8 Å². The summed E-state index contributed by atoms with van der Waals surface area (Å²) >= 11 is 1.26. The molecule has 1 rings (SSSR count). The van der Waals surface area contributed by atoms with Crippen LogP contribution in [0, 0.1) is 0 Å². The molecule has 8 heteroatoms. The number of thioether (sulfide) groups is 1. The van der Waals surface area contributed by atoms with E-state index in [4.69, 9.17) is 9.15 Å². The van der Waals surface area contributed by atoms with Crippen LogP contribution < -0.4 is 5.32 Å². The molecule has 1 amide bonds. The third-order valence-corrected chi connectivity index (χ3v) is 3.90. The van der Waals surface area contributed by atoms with E-state index in [0.717, 1.165) is 6.42 Å². The maximum absolute atomic E-state index is 11.8. The number of nitrogens with zero attached hydrogens (tertiary/aromatic N) is 3. The van der Waals surface area contributed by atoms with Gasteiger partial charge in [0.25, 0.3) is 5.22 Å². The molecule has 0 saturated carbocycles. The number of rotatable bonds is 9. The second kappa shape index (κ2) is 9.01. The van der Waals surface area contributed by atoms with E-state index in [-0.39, 0.29) is 17.2 Å². The summed E-state index contributed by atoms with van der Waals surface area (Å²) in [6, 6.07) is 0.0951. The topological polar surface area (TPSA) is 80.5 Å². The molecule has 0 bridgehead atoms. The third-order valence-electron chi connectivity index (χ3n) is 2.97. The zero-order valence-corrected chi connectivity index (χ0v) is 14.1. The van der Waals surface area contributed by atoms with Crippen LogP contribution in [-0.4, -0.2) is 60.6 Å². The summed E-state index contributed by atoms with van der Waals surface area (Å²) in [6.45, 7) is 4.86. The monoisotopic (exact) mass is 316 g/mol. The van der Waals surface area contributed by atoms with Crippen molar-refractivity contribution in [3.8, 4) is 0 Å². The van der Waals surface area contributed by atoms with Gasteiger partial charge in [0.05, 0.1) is 17.9 Å². The summed E-state index contributed by atoms with van der Waals surface area (Å²) in [6.07, 6.45) is 0.881. The lowest BCUT2D eigenvalue weighted by Crippen LogP contribution is -2.33. The van der Waals surface area contributed by atoms with E-state index in [1.165, 1.54) is 11.8 Å². The number of ether oxygens (including phenoxy) is 1. The van der Waals surface area contributed by atoms with Gasteiger partial charge in [-0.2, -0.15) is 0 Å². The van der Waals surface area contributed by atoms with Crippen LogP contribution in [0.5, 0.6) is 0 Å². The quantitative estimate of drug-likeness (QED) is 0.543. The van der Waals surface area contributed by atoms with E-state index in [2.05, 4.69) is 22.4 Å². The van der Waals surface area contributed by atoms with Gasteiger partial charge in [-0.1, -0.05) is 18.7 Å². The van der Waals surface area contributed by atoms with E-state index in [1.54, 1.807) is 14.0 Å². The highest BCUT2D eigenvalue weighted by molar-refractivity contribution is 8.00. The highest BCUT2D eigenvalue weighted by atomic mass is 32.2. The Bertz CT molecular complexity index is 439. The van der Waals surface area contributed by atoms with E-state index in [9.17, 15) is 4.79 Å². The van der Waals surface area contributed by atoms with Gasteiger partial charge in [-0.15, -0.1) is 10.2 Å². The van der Waals surface area contributed by atoms with E-state index in [0.29, 0.717) is 24.3 Å². The standard InChI is InChI=1S/C13H24N4O3S/c1-6-10(17(3)4)12-15-16-13(20-12)21-9(2)11(18)14-7-8-19-5/h9-10H,6-8H2,1-5H3,(H,14,18)/t9-,10+/m0/s1. The van der Waals surface area contributed by atoms with Crippen molar-refractivity contribution in [1.82, 2.24) is 20.4 Å². The Balaban J connectivity index is 2.55. The minimum Gasteiger partial charge on any atom is -0.414 e. The molecule has 0 fully saturated rings. The Hall–Kier alpha value is -1.12. The lowest BCUT2D eigenvalue weighted by atomic mass is 10.2. The van der Waals surface area contributed by atoms with Crippen molar-refractivity contribution in [2.45, 2.75) is 36.8 Å². The van der Waals surface area contributed by atoms with Crippen LogP contribution >= 0.6 is 11.8 Å². The van der Waals surface area contributed by atoms with Crippen molar-refractivity contribution in [2.75, 3.05) is 34.4 Å². The van der Waals surface area contributed by atoms with E-state index >= 15 is 0 Å². The van der Waals surface area contributed by atoms with Gasteiger partial charge in [-0.3, -0.25) is 9.69 Å². The van der Waals surface area contributed by atoms with Gasteiger partial charge >= 0.3 is 0 Å². The lowest BCUT2D eigenvalue weighted by molar-refractivity contribution is -0.120. The van der Waals surface area contributed by atoms with Gasteiger partial charge in [-0.25, -0.2) is 0 Å². The second-order valence-electron chi connectivity index (χ2n) is 4.84. The zero-order valence-electron chi connectivity index (χ0n) is 13.3. The molecule has 0 spiro atoms. The smallest absolute Gasteiger partial charge is 0.277 e. The minimum atomic E-state index is -0.297. The number of amides is 1. The molecule has 0 aliphatic heterocycles. The van der Waals surface area contributed by atoms with Crippen LogP contribution in [-0.2, 0) is 9.53 Å². The highest BCUT2D eigenvalue weighted by Crippen LogP contribution is 2.26. The molecule has 0 aliphatic carbocycles. The van der Waals surface area contributed by atoms with Crippen LogP contribution in [0.25, 0.3) is 0 Å². The van der Waals surface area contributed by atoms with Crippen LogP contribution in [0.3, 0.4) is 0 Å². The first-order valence-electron chi connectivity index (χ1n) is 6.92. The Labute approximate surface area is 129 Å². The maximum atomic E-state index is 11.8. The first-order valence-corrected chi connectivity index (χ1v) is 7.80. The molecular weight excluding hydrogens is 292 g/mol. The summed E-state index contributed by atoms with van der Waals surface area (Å²) in [7, 11) is 5.54. The SMILES string of the molecule is CC[C@H](c1nnc(S[C@@H](C)C(=O)NCCOC)o1)N(C)C. The summed E-state index contributed by atoms with van der Waals surface area (Å²) in [5.41, 5.74) is 0. The van der Waals surface area contributed by atoms with Crippen molar-refractivity contribution in [3.05, 3.63) is 5.89 Å². The molecule has 1 aromatic heterocycles. The first kappa shape index (κ1) is 17.9. The number of hydrogen-bond acceptors (Lipinski definition) is 7. The molecular formula is C13H24N4O3S. The van der Waals surface area contributed by atoms with Crippen molar-refractivity contribution in [3.63, 3.8) is 0 Å². The molecule has 1 heterocycles. The Kier molecular flexibility index (Phi) is 7.69. The van der Waals surface area contributed by atoms with Gasteiger partial charge in [0.15, 0.2) is 0 Å². The van der Waals surface area contributed by atoms with Gasteiger partial charge in [-0.05, 0) is 27.4 Å². The average molecular weight is 316 g/mol. The summed E-state index contributed by atoms with van der Waals surface area (Å²) < 4.78 is 10.5. The molecule has 0 unspecified atom stereocenters. The van der Waals surface area contributed by atoms with Crippen molar-refractivity contribution >= 4 is 17.7 Å². The molecule has 120 valence electrons. The molecule has 0 radical (unpaired) electrons. The highest BCUT2D eigenvalue weighted by Gasteiger charge is 2.22. The molecule has 7 nitrogen and oxygen atoms in total. The number of aromatic nitrogens is 2. The molecule has 1 N–H and O–H groups in total. The zero-order chi connectivity index (χ0) is 15.8. The fraction of sp³-hybridized carbons (Fsp3) is 0.769. The summed E-state index contributed by atoms with van der Waals surface area (Å²) in [5.74, 6) is 0.508. The molecule has 0 aliphatic rings. The first-order chi connectivity index (χ1) is 9.99. The van der Waals surface area contributed by atoms with Crippen molar-refractivity contribution < 1.29 is 13.9 Å². The second-order valence-corrected chi connectivity index (χ2v) is 6.13.